The Bertz CT molecular complexity index is 2440. The molecular weight excluding hydrogens is 863 g/mol. The lowest BCUT2D eigenvalue weighted by molar-refractivity contribution is -0.189. The van der Waals surface area contributed by atoms with Gasteiger partial charge in [0.1, 0.15) is 17.7 Å². The van der Waals surface area contributed by atoms with E-state index < -0.39 is 46.6 Å². The molecule has 2 saturated heterocycles. The van der Waals surface area contributed by atoms with Gasteiger partial charge < -0.3 is 43.9 Å². The summed E-state index contributed by atoms with van der Waals surface area (Å²) in [5.74, 6) is -2.33. The van der Waals surface area contributed by atoms with Crippen molar-refractivity contribution in [2.24, 2.45) is 11.3 Å². The molecule has 4 aromatic rings. The Morgan fingerprint density at radius 3 is 2.53 bits per heavy atom. The molecule has 358 valence electrons. The van der Waals surface area contributed by atoms with Crippen LogP contribution in [0.2, 0.25) is 0 Å². The number of nitrogens with zero attached hydrogens (tertiary/aromatic N) is 7. The van der Waals surface area contributed by atoms with Crippen LogP contribution in [0.25, 0.3) is 33.4 Å². The molecule has 6 heterocycles. The van der Waals surface area contributed by atoms with Crippen molar-refractivity contribution in [2.75, 3.05) is 68.1 Å². The molecule has 3 aliphatic rings. The number of fused-ring (bicyclic) bond motifs is 6. The lowest BCUT2D eigenvalue weighted by atomic mass is 9.84. The normalized spacial score (nSPS) is 21.9. The minimum atomic E-state index is -2.22. The number of nitrogens with one attached hydrogen (secondary N) is 2. The van der Waals surface area contributed by atoms with Crippen molar-refractivity contribution in [1.82, 2.24) is 45.0 Å². The summed E-state index contributed by atoms with van der Waals surface area (Å²) in [4.78, 5) is 71.9. The van der Waals surface area contributed by atoms with E-state index in [1.54, 1.807) is 32.4 Å². The zero-order valence-electron chi connectivity index (χ0n) is 40.3. The Morgan fingerprint density at radius 2 is 1.86 bits per heavy atom. The van der Waals surface area contributed by atoms with Crippen LogP contribution >= 0.6 is 11.3 Å². The van der Waals surface area contributed by atoms with Crippen molar-refractivity contribution in [3.8, 4) is 22.5 Å². The van der Waals surface area contributed by atoms with E-state index in [9.17, 15) is 24.3 Å². The molecule has 66 heavy (non-hydrogen) atoms. The number of aryl methyl sites for hydroxylation is 1. The predicted molar refractivity (Wildman–Crippen MR) is 252 cm³/mol. The number of carbonyl (C=O) groups excluding carboxylic acids is 4. The molecule has 0 unspecified atom stereocenters. The number of pyridine rings is 1. The van der Waals surface area contributed by atoms with E-state index in [1.165, 1.54) is 21.2 Å². The highest BCUT2D eigenvalue weighted by Crippen LogP contribution is 2.42. The van der Waals surface area contributed by atoms with Crippen LogP contribution in [-0.4, -0.2) is 155 Å². The number of cyclic esters (lactones) is 1. The maximum atomic E-state index is 14.7. The van der Waals surface area contributed by atoms with Gasteiger partial charge in [-0.2, -0.15) is 5.43 Å². The van der Waals surface area contributed by atoms with Crippen LogP contribution in [0.5, 0.6) is 0 Å². The summed E-state index contributed by atoms with van der Waals surface area (Å²) >= 11 is 1.37. The fourth-order valence-electron chi connectivity index (χ4n) is 9.78. The molecule has 17 nitrogen and oxygen atoms in total. The van der Waals surface area contributed by atoms with Gasteiger partial charge in [-0.05, 0) is 76.5 Å². The maximum absolute atomic E-state index is 14.7. The molecule has 0 saturated carbocycles. The first-order chi connectivity index (χ1) is 31.2. The fourth-order valence-corrected chi connectivity index (χ4v) is 10.6. The Labute approximate surface area is 391 Å². The van der Waals surface area contributed by atoms with Crippen LogP contribution in [0.4, 0.5) is 4.79 Å². The van der Waals surface area contributed by atoms with E-state index in [4.69, 9.17) is 24.2 Å². The van der Waals surface area contributed by atoms with Crippen LogP contribution in [0.1, 0.15) is 76.8 Å². The number of hydrogen-bond donors (Lipinski definition) is 3. The Hall–Kier alpha value is -4.98. The molecule has 18 heteroatoms. The number of thiazole rings is 1. The molecule has 4 amide bonds. The van der Waals surface area contributed by atoms with Crippen molar-refractivity contribution in [1.29, 1.82) is 0 Å². The molecule has 3 aromatic heterocycles. The zero-order chi connectivity index (χ0) is 47.9. The van der Waals surface area contributed by atoms with E-state index in [-0.39, 0.29) is 50.5 Å². The van der Waals surface area contributed by atoms with Crippen LogP contribution < -0.4 is 10.7 Å². The number of esters is 1. The number of ether oxygens (including phenoxy) is 3. The Morgan fingerprint density at radius 1 is 1.12 bits per heavy atom. The van der Waals surface area contributed by atoms with Gasteiger partial charge in [-0.1, -0.05) is 33.8 Å². The van der Waals surface area contributed by atoms with Gasteiger partial charge in [-0.25, -0.2) is 14.6 Å². The summed E-state index contributed by atoms with van der Waals surface area (Å²) in [6.07, 6.45) is 2.27. The number of hydrogen-bond acceptors (Lipinski definition) is 13. The number of aromatic nitrogens is 3. The lowest BCUT2D eigenvalue weighted by Crippen LogP contribution is -2.70. The van der Waals surface area contributed by atoms with Crippen LogP contribution in [0.3, 0.4) is 0 Å². The summed E-state index contributed by atoms with van der Waals surface area (Å²) in [5, 5.41) is 19.6. The highest BCUT2D eigenvalue weighted by atomic mass is 32.1. The van der Waals surface area contributed by atoms with Gasteiger partial charge in [0, 0.05) is 92.8 Å². The number of carbonyl (C=O) groups is 4. The molecule has 3 aliphatic heterocycles. The number of benzene rings is 1. The van der Waals surface area contributed by atoms with Crippen molar-refractivity contribution in [2.45, 2.75) is 103 Å². The van der Waals surface area contributed by atoms with Gasteiger partial charge in [-0.3, -0.25) is 19.6 Å². The monoisotopic (exact) mass is 929 g/mol. The first-order valence-corrected chi connectivity index (χ1v) is 23.7. The minimum Gasteiger partial charge on any atom is -0.462 e. The number of amides is 4. The van der Waals surface area contributed by atoms with Crippen molar-refractivity contribution >= 4 is 46.1 Å². The number of methoxy groups -OCH3 is 2. The molecule has 0 spiro atoms. The molecule has 0 aliphatic carbocycles. The number of rotatable bonds is 11. The molecule has 1 aromatic carbocycles. The molecule has 3 N–H and O–H groups in total. The first-order valence-electron chi connectivity index (χ1n) is 22.8. The number of likely N-dealkylation sites (N-methyl/N-ethyl adjacent to an activating group) is 2. The zero-order valence-corrected chi connectivity index (χ0v) is 41.1. The molecular formula is C48H67N9O8S. The molecule has 7 rings (SSSR count). The van der Waals surface area contributed by atoms with Gasteiger partial charge in [0.2, 0.25) is 11.6 Å². The second kappa shape index (κ2) is 19.3. The van der Waals surface area contributed by atoms with E-state index in [2.05, 4.69) is 40.4 Å². The van der Waals surface area contributed by atoms with E-state index >= 15 is 0 Å². The number of urea groups is 1. The summed E-state index contributed by atoms with van der Waals surface area (Å²) < 4.78 is 19.9. The van der Waals surface area contributed by atoms with Crippen molar-refractivity contribution < 1.29 is 38.5 Å². The number of hydrazine groups is 1. The summed E-state index contributed by atoms with van der Waals surface area (Å²) in [5.41, 5.74) is 5.81. The Balaban J connectivity index is 1.27. The largest absolute Gasteiger partial charge is 0.462 e. The third-order valence-electron chi connectivity index (χ3n) is 13.1. The van der Waals surface area contributed by atoms with E-state index in [0.29, 0.717) is 43.3 Å². The average Bonchev–Trinajstić information content (AvgIpc) is 3.86. The van der Waals surface area contributed by atoms with Crippen LogP contribution in [-0.2, 0) is 48.0 Å². The van der Waals surface area contributed by atoms with E-state index in [0.717, 1.165) is 39.0 Å². The smallest absolute Gasteiger partial charge is 0.355 e. The lowest BCUT2D eigenvalue weighted by Gasteiger charge is -2.51. The number of aliphatic hydroxyl groups is 1. The second-order valence-electron chi connectivity index (χ2n) is 19.6. The molecule has 0 radical (unpaired) electrons. The van der Waals surface area contributed by atoms with E-state index in [1.807, 2.05) is 71.1 Å². The summed E-state index contributed by atoms with van der Waals surface area (Å²) in [6, 6.07) is 7.83. The Kier molecular flexibility index (Phi) is 14.3. The summed E-state index contributed by atoms with van der Waals surface area (Å²) in [7, 11) is 8.80. The van der Waals surface area contributed by atoms with Crippen molar-refractivity contribution in [3.63, 3.8) is 0 Å². The third kappa shape index (κ3) is 9.71. The van der Waals surface area contributed by atoms with Gasteiger partial charge in [0.25, 0.3) is 5.91 Å². The van der Waals surface area contributed by atoms with Crippen LogP contribution in [0, 0.1) is 11.3 Å². The van der Waals surface area contributed by atoms with Crippen molar-refractivity contribution in [3.05, 3.63) is 58.2 Å². The highest BCUT2D eigenvalue weighted by Gasteiger charge is 2.49. The SMILES string of the molecule is CCn1c(-c2cccnc2[C@H](C)OC)c2c3cc(ccc31)-c1csc(n1)C[C@H](NC(=O)[C@H](C(C)C)N(C)C(=O)N1CC(CN(C)C)(OC)C1)C(=O)N1CCC[C@@](O)(N1)C(=O)OCC(C)(C)C2. The van der Waals surface area contributed by atoms with Gasteiger partial charge in [0.15, 0.2) is 0 Å². The van der Waals surface area contributed by atoms with Gasteiger partial charge in [-0.15, -0.1) is 11.3 Å². The average molecular weight is 930 g/mol. The third-order valence-corrected chi connectivity index (χ3v) is 14.0. The second-order valence-corrected chi connectivity index (χ2v) is 20.5. The van der Waals surface area contributed by atoms with Gasteiger partial charge in [0.05, 0.1) is 47.9 Å². The minimum absolute atomic E-state index is 0.000973. The highest BCUT2D eigenvalue weighted by molar-refractivity contribution is 7.10. The maximum Gasteiger partial charge on any atom is 0.355 e. The predicted octanol–water partition coefficient (Wildman–Crippen LogP) is 4.86. The first kappa shape index (κ1) is 48.9. The topological polar surface area (TPSA) is 184 Å². The quantitative estimate of drug-likeness (QED) is 0.174. The molecule has 4 atom stereocenters. The van der Waals surface area contributed by atoms with Crippen LogP contribution in [0.15, 0.2) is 41.9 Å². The molecule has 2 fully saturated rings. The number of likely N-dealkylation sites (tertiary alicyclic amines) is 1. The fraction of sp³-hybridized carbons (Fsp3) is 0.583. The molecule has 6 bridgehead atoms. The standard InChI is InChI=1S/C48H67N9O8S/c1-12-56-37-17-16-31-21-33(37)34(41(56)32-15-13-19-49-39(32)30(4)63-10)23-46(5,6)28-65-44(60)48(62)18-14-20-57(52-48)43(59)35(22-38-50-36(31)24-66-38)51-42(58)40(29(2)3)54(9)45(61)55-26-47(27-55,64-11)25-53(7)8/h13,15-17,19,21,24,29-30,35,40,52,62H,12,14,18,20,22-23,25-28H2,1-11H3,(H,51,58)/t30-,35-,40-,48-/m0/s1. The summed E-state index contributed by atoms with van der Waals surface area (Å²) in [6.45, 7) is 14.0. The van der Waals surface area contributed by atoms with Gasteiger partial charge >= 0.3 is 12.0 Å².